The minimum atomic E-state index is -2.14. The van der Waals surface area contributed by atoms with Crippen LogP contribution in [0.1, 0.15) is 45.7 Å². The molecule has 13 heteroatoms. The van der Waals surface area contributed by atoms with Crippen LogP contribution in [0.3, 0.4) is 0 Å². The van der Waals surface area contributed by atoms with Gasteiger partial charge in [0.25, 0.3) is 0 Å². The molecule has 4 rings (SSSR count). The van der Waals surface area contributed by atoms with Crippen LogP contribution in [0.4, 0.5) is 0 Å². The third-order valence-electron chi connectivity index (χ3n) is 9.68. The van der Waals surface area contributed by atoms with Gasteiger partial charge in [-0.2, -0.15) is 0 Å². The molecule has 0 aliphatic carbocycles. The Hall–Kier alpha value is -2.25. The highest BCUT2D eigenvalue weighted by Crippen LogP contribution is 2.38. The van der Waals surface area contributed by atoms with E-state index < -0.39 is 73.0 Å². The second-order valence-corrected chi connectivity index (χ2v) is 22.4. The summed E-state index contributed by atoms with van der Waals surface area (Å²) in [5.74, 6) is -2.25. The van der Waals surface area contributed by atoms with Crippen molar-refractivity contribution in [3.63, 3.8) is 0 Å². The number of hydrogen-bond donors (Lipinski definition) is 0. The first-order valence-electron chi connectivity index (χ1n) is 18.0. The standard InChI is InChI=1S/C40H53Cl3O9Si/c1-27(33-20-18-31(24-46-22-29-14-10-8-11-15-29)35(50-33)37(44)48-26-40(41,42)43)49-38(45)36-32(25-47-23-30-16-12-9-13-17-30)19-21-34(51-36)28(2)52-53(6,7)39(3,4)5/h8-21,27-28,31-36H,22-26H2,1-7H3/t27-,28-,31-,32-,33+,34+,35-,36-/m0/s1. The van der Waals surface area contributed by atoms with Gasteiger partial charge in [-0.1, -0.05) is 141 Å². The van der Waals surface area contributed by atoms with Gasteiger partial charge in [0.2, 0.25) is 3.79 Å². The average molecular weight is 812 g/mol. The van der Waals surface area contributed by atoms with Crippen molar-refractivity contribution in [3.8, 4) is 0 Å². The third kappa shape index (κ3) is 13.5. The molecule has 53 heavy (non-hydrogen) atoms. The molecule has 0 saturated carbocycles. The van der Waals surface area contributed by atoms with Gasteiger partial charge < -0.3 is 32.8 Å². The fourth-order valence-electron chi connectivity index (χ4n) is 5.65. The van der Waals surface area contributed by atoms with E-state index in [4.69, 9.17) is 67.7 Å². The number of carbonyl (C=O) groups is 2. The van der Waals surface area contributed by atoms with E-state index in [-0.39, 0.29) is 24.4 Å². The largest absolute Gasteiger partial charge is 0.459 e. The summed E-state index contributed by atoms with van der Waals surface area (Å²) in [6.45, 7) is 15.2. The van der Waals surface area contributed by atoms with E-state index >= 15 is 0 Å². The fraction of sp³-hybridized carbons (Fsp3) is 0.550. The van der Waals surface area contributed by atoms with Gasteiger partial charge in [-0.3, -0.25) is 0 Å². The number of alkyl halides is 3. The summed E-state index contributed by atoms with van der Waals surface area (Å²) >= 11 is 17.6. The Morgan fingerprint density at radius 2 is 1.17 bits per heavy atom. The smallest absolute Gasteiger partial charge is 0.336 e. The van der Waals surface area contributed by atoms with Crippen LogP contribution in [0.15, 0.2) is 85.0 Å². The van der Waals surface area contributed by atoms with Gasteiger partial charge >= 0.3 is 11.9 Å². The lowest BCUT2D eigenvalue weighted by molar-refractivity contribution is -0.186. The normalized spacial score (nSPS) is 24.7. The Bertz CT molecular complexity index is 1510. The van der Waals surface area contributed by atoms with E-state index in [1.165, 1.54) is 0 Å². The summed E-state index contributed by atoms with van der Waals surface area (Å²) in [6, 6.07) is 19.5. The van der Waals surface area contributed by atoms with Crippen LogP contribution < -0.4 is 0 Å². The maximum atomic E-state index is 14.0. The van der Waals surface area contributed by atoms with E-state index in [9.17, 15) is 9.59 Å². The van der Waals surface area contributed by atoms with Crippen LogP contribution in [0, 0.1) is 11.8 Å². The van der Waals surface area contributed by atoms with E-state index in [0.29, 0.717) is 13.2 Å². The predicted octanol–water partition coefficient (Wildman–Crippen LogP) is 8.56. The number of ether oxygens (including phenoxy) is 6. The minimum Gasteiger partial charge on any atom is -0.459 e. The van der Waals surface area contributed by atoms with Crippen LogP contribution >= 0.6 is 34.8 Å². The zero-order chi connectivity index (χ0) is 38.8. The molecular formula is C40H53Cl3O9Si. The maximum Gasteiger partial charge on any atom is 0.336 e. The first-order valence-corrected chi connectivity index (χ1v) is 22.0. The lowest BCUT2D eigenvalue weighted by Crippen LogP contribution is -2.50. The van der Waals surface area contributed by atoms with Crippen molar-refractivity contribution in [2.75, 3.05) is 19.8 Å². The molecule has 0 aromatic heterocycles. The van der Waals surface area contributed by atoms with E-state index in [2.05, 4.69) is 33.9 Å². The molecule has 2 heterocycles. The Kier molecular flexibility index (Phi) is 16.0. The molecule has 0 fully saturated rings. The summed E-state index contributed by atoms with van der Waals surface area (Å²) in [4.78, 5) is 27.2. The Morgan fingerprint density at radius 1 is 0.717 bits per heavy atom. The lowest BCUT2D eigenvalue weighted by Gasteiger charge is -2.41. The van der Waals surface area contributed by atoms with Gasteiger partial charge in [-0.15, -0.1) is 0 Å². The number of hydrogen-bond acceptors (Lipinski definition) is 9. The molecule has 292 valence electrons. The number of esters is 2. The number of rotatable bonds is 16. The highest BCUT2D eigenvalue weighted by molar-refractivity contribution is 6.74. The van der Waals surface area contributed by atoms with Crippen LogP contribution in [-0.2, 0) is 55.7 Å². The second kappa shape index (κ2) is 19.6. The van der Waals surface area contributed by atoms with Crippen molar-refractivity contribution in [1.82, 2.24) is 0 Å². The first-order chi connectivity index (χ1) is 24.9. The van der Waals surface area contributed by atoms with Gasteiger partial charge in [0.05, 0.1) is 32.5 Å². The minimum absolute atomic E-state index is 0.00686. The molecule has 2 aromatic carbocycles. The second-order valence-electron chi connectivity index (χ2n) is 15.1. The topological polar surface area (TPSA) is 98.8 Å². The van der Waals surface area contributed by atoms with Crippen LogP contribution in [-0.4, -0.2) is 80.5 Å². The average Bonchev–Trinajstić information content (AvgIpc) is 3.10. The highest BCUT2D eigenvalue weighted by atomic mass is 35.6. The van der Waals surface area contributed by atoms with Crippen molar-refractivity contribution >= 4 is 55.1 Å². The molecule has 2 aliphatic heterocycles. The number of benzene rings is 2. The zero-order valence-corrected chi connectivity index (χ0v) is 34.8. The monoisotopic (exact) mass is 810 g/mol. The van der Waals surface area contributed by atoms with E-state index in [0.717, 1.165) is 11.1 Å². The molecule has 0 saturated heterocycles. The van der Waals surface area contributed by atoms with Crippen LogP contribution in [0.25, 0.3) is 0 Å². The van der Waals surface area contributed by atoms with Gasteiger partial charge in [0.15, 0.2) is 20.5 Å². The molecule has 8 atom stereocenters. The maximum absolute atomic E-state index is 14.0. The quantitative estimate of drug-likeness (QED) is 0.0715. The predicted molar refractivity (Wildman–Crippen MR) is 209 cm³/mol. The Labute approximate surface area is 330 Å². The summed E-state index contributed by atoms with van der Waals surface area (Å²) in [6.07, 6.45) is 2.97. The van der Waals surface area contributed by atoms with Crippen molar-refractivity contribution in [2.24, 2.45) is 11.8 Å². The molecule has 0 amide bonds. The van der Waals surface area contributed by atoms with E-state index in [1.54, 1.807) is 19.1 Å². The molecular weight excluding hydrogens is 759 g/mol. The Morgan fingerprint density at radius 3 is 1.62 bits per heavy atom. The summed E-state index contributed by atoms with van der Waals surface area (Å²) in [7, 11) is -2.14. The van der Waals surface area contributed by atoms with Gasteiger partial charge in [-0.05, 0) is 43.1 Å². The van der Waals surface area contributed by atoms with Crippen LogP contribution in [0.5, 0.6) is 0 Å². The summed E-state index contributed by atoms with van der Waals surface area (Å²) < 4.78 is 40.8. The van der Waals surface area contributed by atoms with Crippen LogP contribution in [0.2, 0.25) is 18.1 Å². The Balaban J connectivity index is 1.46. The SMILES string of the molecule is C[C@H](OC(=O)[C@H]1O[C@@H]([C@H](C)O[Si](C)(C)C(C)(C)C)C=C[C@H]1COCc1ccccc1)[C@H]1C=C[C@@H](COCc2ccccc2)[C@@H](C(=O)OCC(Cl)(Cl)Cl)O1. The van der Waals surface area contributed by atoms with Gasteiger partial charge in [-0.25, -0.2) is 9.59 Å². The number of halogens is 3. The lowest BCUT2D eigenvalue weighted by atomic mass is 9.96. The summed E-state index contributed by atoms with van der Waals surface area (Å²) in [5, 5.41) is -0.00686. The molecule has 0 N–H and O–H groups in total. The molecule has 0 spiro atoms. The van der Waals surface area contributed by atoms with E-state index in [1.807, 2.05) is 79.7 Å². The highest BCUT2D eigenvalue weighted by Gasteiger charge is 2.43. The number of carbonyl (C=O) groups excluding carboxylic acids is 2. The zero-order valence-electron chi connectivity index (χ0n) is 31.5. The molecule has 0 radical (unpaired) electrons. The van der Waals surface area contributed by atoms with Crippen molar-refractivity contribution < 1.29 is 42.4 Å². The van der Waals surface area contributed by atoms with Gasteiger partial charge in [0.1, 0.15) is 24.9 Å². The van der Waals surface area contributed by atoms with Crippen molar-refractivity contribution in [2.45, 2.75) is 106 Å². The van der Waals surface area contributed by atoms with Crippen molar-refractivity contribution in [3.05, 3.63) is 96.1 Å². The molecule has 0 bridgehead atoms. The fourth-order valence-corrected chi connectivity index (χ4v) is 7.23. The molecule has 9 nitrogen and oxygen atoms in total. The summed E-state index contributed by atoms with van der Waals surface area (Å²) in [5.41, 5.74) is 2.00. The molecule has 2 aliphatic rings. The first kappa shape index (κ1) is 43.5. The van der Waals surface area contributed by atoms with Crippen molar-refractivity contribution in [1.29, 1.82) is 0 Å². The third-order valence-corrected chi connectivity index (χ3v) is 14.6. The molecule has 2 aromatic rings. The molecule has 0 unspecified atom stereocenters. The van der Waals surface area contributed by atoms with Gasteiger partial charge in [0, 0.05) is 11.8 Å².